The third-order valence-corrected chi connectivity index (χ3v) is 10.9. The SMILES string of the molecule is CCCCCCCCCCCCCCCCCC(=O)OCCCCCCCCCCCC(=O)NC(CO)C(O)CCCCCCCCCCCCC. The average molecular weight is 738 g/mol. The number of ether oxygens (including phenoxy) is 1. The van der Waals surface area contributed by atoms with E-state index in [-0.39, 0.29) is 18.5 Å². The van der Waals surface area contributed by atoms with Crippen molar-refractivity contribution < 1.29 is 24.5 Å². The van der Waals surface area contributed by atoms with Gasteiger partial charge in [-0.25, -0.2) is 0 Å². The van der Waals surface area contributed by atoms with Crippen LogP contribution in [0.3, 0.4) is 0 Å². The Hall–Kier alpha value is -1.14. The number of carbonyl (C=O) groups is 2. The van der Waals surface area contributed by atoms with Crippen LogP contribution in [0.15, 0.2) is 0 Å². The number of rotatable bonds is 43. The molecular formula is C46H91NO5. The van der Waals surface area contributed by atoms with Crippen molar-refractivity contribution in [2.75, 3.05) is 13.2 Å². The highest BCUT2D eigenvalue weighted by molar-refractivity contribution is 5.76. The maximum Gasteiger partial charge on any atom is 0.305 e. The number of nitrogens with one attached hydrogen (secondary N) is 1. The zero-order valence-electron chi connectivity index (χ0n) is 35.1. The third kappa shape index (κ3) is 38.6. The second-order valence-electron chi connectivity index (χ2n) is 16.1. The monoisotopic (exact) mass is 738 g/mol. The molecule has 0 aromatic carbocycles. The molecule has 2 unspecified atom stereocenters. The molecule has 0 fully saturated rings. The lowest BCUT2D eigenvalue weighted by molar-refractivity contribution is -0.143. The summed E-state index contributed by atoms with van der Waals surface area (Å²) in [5.41, 5.74) is 0. The molecule has 0 bridgehead atoms. The molecule has 0 radical (unpaired) electrons. The van der Waals surface area contributed by atoms with E-state index in [9.17, 15) is 19.8 Å². The van der Waals surface area contributed by atoms with Gasteiger partial charge in [0.2, 0.25) is 5.91 Å². The summed E-state index contributed by atoms with van der Waals surface area (Å²) >= 11 is 0. The van der Waals surface area contributed by atoms with E-state index in [4.69, 9.17) is 4.74 Å². The van der Waals surface area contributed by atoms with Crippen LogP contribution in [0.1, 0.15) is 258 Å². The van der Waals surface area contributed by atoms with Crippen molar-refractivity contribution in [1.29, 1.82) is 0 Å². The first-order valence-corrected chi connectivity index (χ1v) is 23.3. The minimum atomic E-state index is -0.678. The Kier molecular flexibility index (Phi) is 41.7. The van der Waals surface area contributed by atoms with Gasteiger partial charge < -0.3 is 20.3 Å². The molecule has 6 nitrogen and oxygen atoms in total. The molecule has 0 saturated heterocycles. The van der Waals surface area contributed by atoms with Gasteiger partial charge in [0, 0.05) is 12.8 Å². The van der Waals surface area contributed by atoms with E-state index in [1.807, 2.05) is 0 Å². The summed E-state index contributed by atoms with van der Waals surface area (Å²) in [5.74, 6) is -0.0847. The summed E-state index contributed by atoms with van der Waals surface area (Å²) in [7, 11) is 0. The van der Waals surface area contributed by atoms with Crippen LogP contribution in [0.5, 0.6) is 0 Å². The Morgan fingerprint density at radius 3 is 1.17 bits per heavy atom. The second-order valence-corrected chi connectivity index (χ2v) is 16.1. The maximum atomic E-state index is 12.4. The Labute approximate surface area is 324 Å². The van der Waals surface area contributed by atoms with Crippen LogP contribution in [0.2, 0.25) is 0 Å². The van der Waals surface area contributed by atoms with E-state index in [0.29, 0.717) is 25.9 Å². The first-order valence-electron chi connectivity index (χ1n) is 23.3. The molecular weight excluding hydrogens is 647 g/mol. The summed E-state index contributed by atoms with van der Waals surface area (Å²) in [6.45, 7) is 4.88. The van der Waals surface area contributed by atoms with Crippen LogP contribution in [0, 0.1) is 0 Å². The lowest BCUT2D eigenvalue weighted by Crippen LogP contribution is -2.45. The van der Waals surface area contributed by atoms with Gasteiger partial charge in [0.1, 0.15) is 0 Å². The molecule has 0 aliphatic heterocycles. The zero-order valence-corrected chi connectivity index (χ0v) is 35.1. The van der Waals surface area contributed by atoms with E-state index in [2.05, 4.69) is 19.2 Å². The summed E-state index contributed by atoms with van der Waals surface area (Å²) < 4.78 is 5.44. The van der Waals surface area contributed by atoms with Crippen LogP contribution in [0.4, 0.5) is 0 Å². The van der Waals surface area contributed by atoms with E-state index in [0.717, 1.165) is 57.8 Å². The van der Waals surface area contributed by atoms with Gasteiger partial charge in [0.25, 0.3) is 0 Å². The molecule has 0 aromatic heterocycles. The van der Waals surface area contributed by atoms with Crippen molar-refractivity contribution in [2.45, 2.75) is 270 Å². The lowest BCUT2D eigenvalue weighted by Gasteiger charge is -2.22. The zero-order chi connectivity index (χ0) is 38.0. The first kappa shape index (κ1) is 50.9. The molecule has 0 aliphatic carbocycles. The highest BCUT2D eigenvalue weighted by Crippen LogP contribution is 2.16. The van der Waals surface area contributed by atoms with Gasteiger partial charge >= 0.3 is 5.97 Å². The Balaban J connectivity index is 3.46. The van der Waals surface area contributed by atoms with Crippen molar-refractivity contribution in [3.63, 3.8) is 0 Å². The molecule has 0 heterocycles. The fraction of sp³-hybridized carbons (Fsp3) is 0.957. The highest BCUT2D eigenvalue weighted by Gasteiger charge is 2.20. The predicted octanol–water partition coefficient (Wildman–Crippen LogP) is 13.2. The van der Waals surface area contributed by atoms with Crippen LogP contribution in [0.25, 0.3) is 0 Å². The molecule has 0 spiro atoms. The molecule has 52 heavy (non-hydrogen) atoms. The molecule has 0 aromatic rings. The van der Waals surface area contributed by atoms with Crippen LogP contribution >= 0.6 is 0 Å². The summed E-state index contributed by atoms with van der Waals surface area (Å²) in [5, 5.41) is 23.1. The molecule has 1 amide bonds. The summed E-state index contributed by atoms with van der Waals surface area (Å²) in [6, 6.07) is -0.557. The number of hydrogen-bond acceptors (Lipinski definition) is 5. The number of unbranched alkanes of at least 4 members (excludes halogenated alkanes) is 32. The topological polar surface area (TPSA) is 95.9 Å². The van der Waals surface area contributed by atoms with Crippen LogP contribution in [-0.4, -0.2) is 47.4 Å². The van der Waals surface area contributed by atoms with E-state index in [1.54, 1.807) is 0 Å². The number of hydrogen-bond donors (Lipinski definition) is 3. The standard InChI is InChI=1S/C46H91NO5/c1-3-5-7-9-11-13-15-16-17-18-20-24-28-32-36-40-46(51)52-41-37-33-29-25-21-23-27-31-35-39-45(50)47-43(42-48)44(49)38-34-30-26-22-19-14-12-10-8-6-4-2/h43-44,48-49H,3-42H2,1-2H3,(H,47,50). The first-order chi connectivity index (χ1) is 25.5. The predicted molar refractivity (Wildman–Crippen MR) is 223 cm³/mol. The van der Waals surface area contributed by atoms with Crippen molar-refractivity contribution in [3.8, 4) is 0 Å². The second kappa shape index (κ2) is 42.6. The fourth-order valence-corrected chi connectivity index (χ4v) is 7.29. The van der Waals surface area contributed by atoms with Crippen molar-refractivity contribution in [1.82, 2.24) is 5.32 Å². The summed E-state index contributed by atoms with van der Waals surface area (Å²) in [6.07, 6.45) is 44.8. The van der Waals surface area contributed by atoms with E-state index in [1.165, 1.54) is 167 Å². The molecule has 0 saturated carbocycles. The fourth-order valence-electron chi connectivity index (χ4n) is 7.29. The Morgan fingerprint density at radius 1 is 0.462 bits per heavy atom. The van der Waals surface area contributed by atoms with Gasteiger partial charge in [-0.05, 0) is 25.7 Å². The van der Waals surface area contributed by atoms with Gasteiger partial charge in [-0.2, -0.15) is 0 Å². The van der Waals surface area contributed by atoms with Gasteiger partial charge in [0.15, 0.2) is 0 Å². The van der Waals surface area contributed by atoms with E-state index >= 15 is 0 Å². The third-order valence-electron chi connectivity index (χ3n) is 10.9. The minimum absolute atomic E-state index is 0.0222. The number of esters is 1. The normalized spacial score (nSPS) is 12.6. The lowest BCUT2D eigenvalue weighted by atomic mass is 10.0. The largest absolute Gasteiger partial charge is 0.466 e. The number of carbonyl (C=O) groups excluding carboxylic acids is 2. The highest BCUT2D eigenvalue weighted by atomic mass is 16.5. The molecule has 3 N–H and O–H groups in total. The number of aliphatic hydroxyl groups excluding tert-OH is 2. The molecule has 310 valence electrons. The average Bonchev–Trinajstić information content (AvgIpc) is 3.14. The molecule has 0 aliphatic rings. The summed E-state index contributed by atoms with van der Waals surface area (Å²) in [4.78, 5) is 24.4. The Morgan fingerprint density at radius 2 is 0.788 bits per heavy atom. The van der Waals surface area contributed by atoms with Crippen molar-refractivity contribution in [2.24, 2.45) is 0 Å². The van der Waals surface area contributed by atoms with Gasteiger partial charge in [-0.3, -0.25) is 9.59 Å². The van der Waals surface area contributed by atoms with Crippen molar-refractivity contribution in [3.05, 3.63) is 0 Å². The van der Waals surface area contributed by atoms with E-state index < -0.39 is 12.1 Å². The number of amides is 1. The molecule has 6 heteroatoms. The van der Waals surface area contributed by atoms with Crippen LogP contribution < -0.4 is 5.32 Å². The van der Waals surface area contributed by atoms with Gasteiger partial charge in [0.05, 0.1) is 25.4 Å². The molecule has 0 rings (SSSR count). The van der Waals surface area contributed by atoms with Crippen molar-refractivity contribution >= 4 is 11.9 Å². The van der Waals surface area contributed by atoms with Crippen LogP contribution in [-0.2, 0) is 14.3 Å². The quantitative estimate of drug-likeness (QED) is 0.0428. The number of aliphatic hydroxyl groups is 2. The molecule has 2 atom stereocenters. The Bertz CT molecular complexity index is 732. The maximum absolute atomic E-state index is 12.4. The van der Waals surface area contributed by atoms with Gasteiger partial charge in [-0.1, -0.05) is 219 Å². The van der Waals surface area contributed by atoms with Gasteiger partial charge in [-0.15, -0.1) is 0 Å². The minimum Gasteiger partial charge on any atom is -0.466 e. The smallest absolute Gasteiger partial charge is 0.305 e.